The average molecular weight is 264 g/mol. The van der Waals surface area contributed by atoms with E-state index in [9.17, 15) is 4.79 Å². The van der Waals surface area contributed by atoms with E-state index in [2.05, 4.69) is 4.85 Å². The standard InChI is InChI=1S/C13H10ClNOS/c1-6(2)9-10(7(3)15-4)11-8(12(9)16)5-17-13(11)14/h5H,1-3H3/b10-7-. The highest BCUT2D eigenvalue weighted by molar-refractivity contribution is 7.15. The van der Waals surface area contributed by atoms with Gasteiger partial charge in [0, 0.05) is 22.1 Å². The molecule has 0 saturated heterocycles. The molecule has 0 fully saturated rings. The van der Waals surface area contributed by atoms with Crippen LogP contribution < -0.4 is 0 Å². The molecule has 0 amide bonds. The number of rotatable bonds is 0. The van der Waals surface area contributed by atoms with E-state index in [1.807, 2.05) is 13.8 Å². The Bertz CT molecular complexity index is 624. The Morgan fingerprint density at radius 3 is 2.53 bits per heavy atom. The summed E-state index contributed by atoms with van der Waals surface area (Å²) in [7, 11) is 0. The lowest BCUT2D eigenvalue weighted by Crippen LogP contribution is -1.97. The first-order chi connectivity index (χ1) is 7.99. The van der Waals surface area contributed by atoms with E-state index in [1.54, 1.807) is 12.3 Å². The maximum absolute atomic E-state index is 12.2. The van der Waals surface area contributed by atoms with Crippen LogP contribution in [0, 0.1) is 6.57 Å². The molecule has 0 aromatic carbocycles. The van der Waals surface area contributed by atoms with E-state index in [0.717, 1.165) is 11.1 Å². The summed E-state index contributed by atoms with van der Waals surface area (Å²) in [6.45, 7) is 12.6. The molecule has 0 atom stereocenters. The predicted octanol–water partition coefficient (Wildman–Crippen LogP) is 4.58. The molecule has 0 saturated carbocycles. The number of nitrogens with zero attached hydrogens (tertiary/aromatic N) is 1. The second-order valence-electron chi connectivity index (χ2n) is 4.07. The summed E-state index contributed by atoms with van der Waals surface area (Å²) in [5.41, 5.74) is 4.17. The van der Waals surface area contributed by atoms with Crippen LogP contribution in [0.15, 0.2) is 22.2 Å². The van der Waals surface area contributed by atoms with Crippen molar-refractivity contribution in [2.24, 2.45) is 0 Å². The van der Waals surface area contributed by atoms with Crippen LogP contribution in [0.25, 0.3) is 10.4 Å². The SMILES string of the molecule is [C-]#[N+]/C(C)=C1/C(=C(C)C)C(=O)c2csc(Cl)c21. The van der Waals surface area contributed by atoms with Gasteiger partial charge in [-0.3, -0.25) is 4.79 Å². The van der Waals surface area contributed by atoms with Crippen LogP contribution in [0.4, 0.5) is 0 Å². The number of Topliss-reactive ketones (excluding diaryl/α,β-unsaturated/α-hetero) is 1. The van der Waals surface area contributed by atoms with Crippen molar-refractivity contribution in [3.63, 3.8) is 0 Å². The van der Waals surface area contributed by atoms with Crippen molar-refractivity contribution in [3.05, 3.63) is 49.1 Å². The molecule has 4 heteroatoms. The summed E-state index contributed by atoms with van der Waals surface area (Å²) >= 11 is 7.46. The summed E-state index contributed by atoms with van der Waals surface area (Å²) in [5.74, 6) is -0.0128. The molecule has 0 bridgehead atoms. The highest BCUT2D eigenvalue weighted by Crippen LogP contribution is 2.46. The van der Waals surface area contributed by atoms with E-state index in [1.165, 1.54) is 11.3 Å². The molecule has 1 aliphatic rings. The molecular formula is C13H10ClNOS. The lowest BCUT2D eigenvalue weighted by atomic mass is 10.0. The number of thiophene rings is 1. The molecule has 2 rings (SSSR count). The monoisotopic (exact) mass is 263 g/mol. The van der Waals surface area contributed by atoms with E-state index >= 15 is 0 Å². The van der Waals surface area contributed by atoms with E-state index in [4.69, 9.17) is 18.2 Å². The van der Waals surface area contributed by atoms with Gasteiger partial charge >= 0.3 is 0 Å². The molecule has 1 heterocycles. The number of hydrogen-bond donors (Lipinski definition) is 0. The molecule has 0 unspecified atom stereocenters. The Morgan fingerprint density at radius 2 is 2.00 bits per heavy atom. The van der Waals surface area contributed by atoms with Crippen molar-refractivity contribution < 1.29 is 4.79 Å². The van der Waals surface area contributed by atoms with Gasteiger partial charge in [0.25, 0.3) is 0 Å². The Labute approximate surface area is 109 Å². The first kappa shape index (κ1) is 12.1. The zero-order chi connectivity index (χ0) is 12.7. The topological polar surface area (TPSA) is 21.4 Å². The van der Waals surface area contributed by atoms with Crippen LogP contribution in [0.2, 0.25) is 4.34 Å². The van der Waals surface area contributed by atoms with Crippen molar-refractivity contribution in [1.29, 1.82) is 0 Å². The van der Waals surface area contributed by atoms with Crippen LogP contribution in [-0.2, 0) is 0 Å². The highest BCUT2D eigenvalue weighted by atomic mass is 35.5. The van der Waals surface area contributed by atoms with Crippen molar-refractivity contribution in [3.8, 4) is 0 Å². The van der Waals surface area contributed by atoms with Crippen molar-refractivity contribution in [1.82, 2.24) is 0 Å². The van der Waals surface area contributed by atoms with Gasteiger partial charge in [-0.15, -0.1) is 11.3 Å². The van der Waals surface area contributed by atoms with Gasteiger partial charge in [-0.05, 0) is 26.3 Å². The third-order valence-corrected chi connectivity index (χ3v) is 3.97. The van der Waals surface area contributed by atoms with E-state index in [-0.39, 0.29) is 5.78 Å². The fourth-order valence-corrected chi connectivity index (χ4v) is 3.11. The minimum absolute atomic E-state index is 0.0128. The molecule has 0 spiro atoms. The molecule has 17 heavy (non-hydrogen) atoms. The zero-order valence-electron chi connectivity index (χ0n) is 9.72. The number of carbonyl (C=O) groups is 1. The van der Waals surface area contributed by atoms with Gasteiger partial charge in [0.2, 0.25) is 0 Å². The van der Waals surface area contributed by atoms with Crippen LogP contribution >= 0.6 is 22.9 Å². The smallest absolute Gasteiger partial charge is 0.193 e. The minimum Gasteiger partial charge on any atom is -0.289 e. The quantitative estimate of drug-likeness (QED) is 0.496. The van der Waals surface area contributed by atoms with Crippen molar-refractivity contribution in [2.45, 2.75) is 20.8 Å². The normalized spacial score (nSPS) is 16.9. The summed E-state index contributed by atoms with van der Waals surface area (Å²) in [4.78, 5) is 15.7. The van der Waals surface area contributed by atoms with Crippen molar-refractivity contribution >= 4 is 34.3 Å². The van der Waals surface area contributed by atoms with Crippen molar-refractivity contribution in [2.75, 3.05) is 0 Å². The largest absolute Gasteiger partial charge is 0.289 e. The van der Waals surface area contributed by atoms with Gasteiger partial charge < -0.3 is 0 Å². The lowest BCUT2D eigenvalue weighted by molar-refractivity contribution is 0.104. The predicted molar refractivity (Wildman–Crippen MR) is 71.2 cm³/mol. The molecule has 1 aliphatic carbocycles. The number of allylic oxidation sites excluding steroid dienone is 4. The Kier molecular flexibility index (Phi) is 2.94. The summed E-state index contributed by atoms with van der Waals surface area (Å²) < 4.78 is 0.586. The summed E-state index contributed by atoms with van der Waals surface area (Å²) in [6, 6.07) is 0. The van der Waals surface area contributed by atoms with Crippen LogP contribution in [0.3, 0.4) is 0 Å². The maximum atomic E-state index is 12.2. The molecule has 0 radical (unpaired) electrons. The first-order valence-corrected chi connectivity index (χ1v) is 6.33. The molecule has 2 nitrogen and oxygen atoms in total. The van der Waals surface area contributed by atoms with Gasteiger partial charge in [0.1, 0.15) is 4.34 Å². The summed E-state index contributed by atoms with van der Waals surface area (Å²) in [6.07, 6.45) is 0. The Hall–Kier alpha value is -1.37. The van der Waals surface area contributed by atoms with E-state index in [0.29, 0.717) is 26.7 Å². The molecule has 0 N–H and O–H groups in total. The molecule has 1 aromatic rings. The number of halogens is 1. The molecule has 0 aliphatic heterocycles. The van der Waals surface area contributed by atoms with Gasteiger partial charge in [-0.25, -0.2) is 4.85 Å². The average Bonchev–Trinajstić information content (AvgIpc) is 2.78. The zero-order valence-corrected chi connectivity index (χ0v) is 11.3. The highest BCUT2D eigenvalue weighted by Gasteiger charge is 2.34. The Balaban J connectivity index is 2.88. The minimum atomic E-state index is -0.0128. The van der Waals surface area contributed by atoms with Gasteiger partial charge in [0.05, 0.1) is 6.57 Å². The Morgan fingerprint density at radius 1 is 1.35 bits per heavy atom. The number of carbonyl (C=O) groups excluding carboxylic acids is 1. The second-order valence-corrected chi connectivity index (χ2v) is 5.56. The summed E-state index contributed by atoms with van der Waals surface area (Å²) in [5, 5.41) is 1.77. The molecular weight excluding hydrogens is 254 g/mol. The third kappa shape index (κ3) is 1.65. The third-order valence-electron chi connectivity index (χ3n) is 2.75. The van der Waals surface area contributed by atoms with Gasteiger partial charge in [0.15, 0.2) is 11.5 Å². The van der Waals surface area contributed by atoms with Crippen LogP contribution in [0.1, 0.15) is 36.7 Å². The lowest BCUT2D eigenvalue weighted by Gasteiger charge is -2.05. The first-order valence-electron chi connectivity index (χ1n) is 5.07. The van der Waals surface area contributed by atoms with E-state index < -0.39 is 0 Å². The number of ketones is 1. The fraction of sp³-hybridized carbons (Fsp3) is 0.231. The fourth-order valence-electron chi connectivity index (χ4n) is 2.00. The van der Waals surface area contributed by atoms with Gasteiger partial charge in [-0.1, -0.05) is 17.2 Å². The maximum Gasteiger partial charge on any atom is 0.193 e. The van der Waals surface area contributed by atoms with Gasteiger partial charge in [-0.2, -0.15) is 0 Å². The van der Waals surface area contributed by atoms with Crippen LogP contribution in [0.5, 0.6) is 0 Å². The molecule has 1 aromatic heterocycles. The molecule has 86 valence electrons. The van der Waals surface area contributed by atoms with Crippen LogP contribution in [-0.4, -0.2) is 5.78 Å². The second kappa shape index (κ2) is 4.14. The number of hydrogen-bond acceptors (Lipinski definition) is 2. The number of fused-ring (bicyclic) bond motifs is 1.